The summed E-state index contributed by atoms with van der Waals surface area (Å²) in [5, 5.41) is 6.00. The van der Waals surface area contributed by atoms with E-state index in [1.807, 2.05) is 33.1 Å². The van der Waals surface area contributed by atoms with Gasteiger partial charge in [0, 0.05) is 11.3 Å². The van der Waals surface area contributed by atoms with Gasteiger partial charge in [0.05, 0.1) is 16.7 Å². The Kier molecular flexibility index (Phi) is 4.27. The molecule has 0 fully saturated rings. The molecule has 1 N–H and O–H groups in total. The van der Waals surface area contributed by atoms with Gasteiger partial charge in [-0.15, -0.1) is 11.3 Å². The third-order valence-electron chi connectivity index (χ3n) is 2.50. The van der Waals surface area contributed by atoms with Crippen LogP contribution >= 0.6 is 11.3 Å². The highest BCUT2D eigenvalue weighted by molar-refractivity contribution is 7.09. The van der Waals surface area contributed by atoms with Crippen molar-refractivity contribution in [1.82, 2.24) is 10.3 Å². The van der Waals surface area contributed by atoms with E-state index in [-0.39, 0.29) is 17.9 Å². The molecule has 0 aromatic carbocycles. The Morgan fingerprint density at radius 3 is 2.73 bits per heavy atom. The fraction of sp³-hybridized carbons (Fsp3) is 0.636. The van der Waals surface area contributed by atoms with Gasteiger partial charge in [-0.3, -0.25) is 4.79 Å². The maximum Gasteiger partial charge on any atom is 0.223 e. The van der Waals surface area contributed by atoms with E-state index < -0.39 is 0 Å². The van der Waals surface area contributed by atoms with Gasteiger partial charge in [-0.25, -0.2) is 4.98 Å². The zero-order valence-corrected chi connectivity index (χ0v) is 10.5. The SMILES string of the molecule is CC[C@@H](C)C(=O)N[C@@H](C)c1csc(C)n1. The first-order valence-corrected chi connectivity index (χ1v) is 6.15. The van der Waals surface area contributed by atoms with Crippen molar-refractivity contribution >= 4 is 17.2 Å². The Balaban J connectivity index is 2.56. The number of nitrogens with one attached hydrogen (secondary N) is 1. The van der Waals surface area contributed by atoms with Crippen LogP contribution < -0.4 is 5.32 Å². The monoisotopic (exact) mass is 226 g/mol. The van der Waals surface area contributed by atoms with E-state index in [0.717, 1.165) is 17.1 Å². The fourth-order valence-corrected chi connectivity index (χ4v) is 1.90. The van der Waals surface area contributed by atoms with Crippen LogP contribution in [-0.2, 0) is 4.79 Å². The van der Waals surface area contributed by atoms with Crippen LogP contribution in [0.15, 0.2) is 5.38 Å². The van der Waals surface area contributed by atoms with Crippen LogP contribution in [0.4, 0.5) is 0 Å². The molecule has 3 nitrogen and oxygen atoms in total. The minimum atomic E-state index is 0.0106. The number of nitrogens with zero attached hydrogens (tertiary/aromatic N) is 1. The van der Waals surface area contributed by atoms with Gasteiger partial charge in [0.15, 0.2) is 0 Å². The third kappa shape index (κ3) is 3.30. The van der Waals surface area contributed by atoms with E-state index in [1.54, 1.807) is 11.3 Å². The van der Waals surface area contributed by atoms with Gasteiger partial charge in [-0.1, -0.05) is 13.8 Å². The molecule has 0 spiro atoms. The molecule has 0 unspecified atom stereocenters. The van der Waals surface area contributed by atoms with Crippen LogP contribution in [0.25, 0.3) is 0 Å². The summed E-state index contributed by atoms with van der Waals surface area (Å²) >= 11 is 1.61. The van der Waals surface area contributed by atoms with Crippen molar-refractivity contribution in [3.63, 3.8) is 0 Å². The van der Waals surface area contributed by atoms with Crippen molar-refractivity contribution in [2.24, 2.45) is 5.92 Å². The predicted molar refractivity (Wildman–Crippen MR) is 62.9 cm³/mol. The van der Waals surface area contributed by atoms with Gasteiger partial charge in [-0.2, -0.15) is 0 Å². The number of carbonyl (C=O) groups excluding carboxylic acids is 1. The smallest absolute Gasteiger partial charge is 0.223 e. The highest BCUT2D eigenvalue weighted by Crippen LogP contribution is 2.16. The number of aryl methyl sites for hydroxylation is 1. The number of hydrogen-bond donors (Lipinski definition) is 1. The summed E-state index contributed by atoms with van der Waals surface area (Å²) in [7, 11) is 0. The van der Waals surface area contributed by atoms with E-state index in [9.17, 15) is 4.79 Å². The Bertz CT molecular complexity index is 335. The quantitative estimate of drug-likeness (QED) is 0.857. The lowest BCUT2D eigenvalue weighted by molar-refractivity contribution is -0.125. The van der Waals surface area contributed by atoms with E-state index in [2.05, 4.69) is 10.3 Å². The lowest BCUT2D eigenvalue weighted by Gasteiger charge is -2.14. The normalized spacial score (nSPS) is 14.7. The maximum absolute atomic E-state index is 11.6. The average Bonchev–Trinajstić information content (AvgIpc) is 2.63. The molecule has 1 rings (SSSR count). The van der Waals surface area contributed by atoms with Crippen LogP contribution in [0.3, 0.4) is 0 Å². The molecule has 0 radical (unpaired) electrons. The summed E-state index contributed by atoms with van der Waals surface area (Å²) in [6.45, 7) is 7.89. The Morgan fingerprint density at radius 2 is 2.27 bits per heavy atom. The molecule has 1 aromatic rings. The second kappa shape index (κ2) is 5.26. The third-order valence-corrected chi connectivity index (χ3v) is 3.29. The molecule has 1 aromatic heterocycles. The van der Waals surface area contributed by atoms with E-state index in [4.69, 9.17) is 0 Å². The van der Waals surface area contributed by atoms with Crippen molar-refractivity contribution in [3.8, 4) is 0 Å². The van der Waals surface area contributed by atoms with Gasteiger partial charge >= 0.3 is 0 Å². The molecule has 0 bridgehead atoms. The molecule has 4 heteroatoms. The molecule has 1 heterocycles. The standard InChI is InChI=1S/C11H18N2OS/c1-5-7(2)11(14)12-8(3)10-6-15-9(4)13-10/h6-8H,5H2,1-4H3,(H,12,14)/t7-,8+/m1/s1. The van der Waals surface area contributed by atoms with Crippen molar-refractivity contribution in [2.45, 2.75) is 40.2 Å². The number of rotatable bonds is 4. The molecule has 0 aliphatic rings. The lowest BCUT2D eigenvalue weighted by atomic mass is 10.1. The molecule has 15 heavy (non-hydrogen) atoms. The average molecular weight is 226 g/mol. The van der Waals surface area contributed by atoms with E-state index in [1.165, 1.54) is 0 Å². The summed E-state index contributed by atoms with van der Waals surface area (Å²) in [5.41, 5.74) is 0.953. The van der Waals surface area contributed by atoms with Crippen molar-refractivity contribution in [1.29, 1.82) is 0 Å². The highest BCUT2D eigenvalue weighted by Gasteiger charge is 2.15. The number of amides is 1. The van der Waals surface area contributed by atoms with Crippen LogP contribution in [0.5, 0.6) is 0 Å². The highest BCUT2D eigenvalue weighted by atomic mass is 32.1. The second-order valence-electron chi connectivity index (χ2n) is 3.83. The minimum absolute atomic E-state index is 0.0106. The van der Waals surface area contributed by atoms with Crippen LogP contribution in [-0.4, -0.2) is 10.9 Å². The number of thiazole rings is 1. The van der Waals surface area contributed by atoms with Crippen LogP contribution in [0.2, 0.25) is 0 Å². The Hall–Kier alpha value is -0.900. The maximum atomic E-state index is 11.6. The summed E-state index contributed by atoms with van der Waals surface area (Å²) in [6.07, 6.45) is 0.870. The Morgan fingerprint density at radius 1 is 1.60 bits per heavy atom. The molecule has 1 amide bonds. The van der Waals surface area contributed by atoms with Crippen molar-refractivity contribution < 1.29 is 4.79 Å². The zero-order chi connectivity index (χ0) is 11.4. The van der Waals surface area contributed by atoms with Crippen LogP contribution in [0, 0.1) is 12.8 Å². The number of aromatic nitrogens is 1. The first-order valence-electron chi connectivity index (χ1n) is 5.27. The molecule has 0 saturated heterocycles. The van der Waals surface area contributed by atoms with Gasteiger partial charge in [0.2, 0.25) is 5.91 Å². The van der Waals surface area contributed by atoms with Gasteiger partial charge in [0.1, 0.15) is 0 Å². The molecule has 0 aliphatic carbocycles. The second-order valence-corrected chi connectivity index (χ2v) is 4.89. The molecule has 2 atom stereocenters. The van der Waals surface area contributed by atoms with Gasteiger partial charge < -0.3 is 5.32 Å². The number of hydrogen-bond acceptors (Lipinski definition) is 3. The Labute approximate surface area is 94.9 Å². The van der Waals surface area contributed by atoms with Crippen LogP contribution in [0.1, 0.15) is 43.9 Å². The van der Waals surface area contributed by atoms with Crippen molar-refractivity contribution in [3.05, 3.63) is 16.1 Å². The minimum Gasteiger partial charge on any atom is -0.348 e. The summed E-state index contributed by atoms with van der Waals surface area (Å²) in [5.74, 6) is 0.183. The topological polar surface area (TPSA) is 42.0 Å². The molecular formula is C11H18N2OS. The first-order chi connectivity index (χ1) is 7.04. The fourth-order valence-electron chi connectivity index (χ4n) is 1.19. The van der Waals surface area contributed by atoms with E-state index in [0.29, 0.717) is 0 Å². The van der Waals surface area contributed by atoms with Gasteiger partial charge in [0.25, 0.3) is 0 Å². The predicted octanol–water partition coefficient (Wildman–Crippen LogP) is 2.67. The lowest BCUT2D eigenvalue weighted by Crippen LogP contribution is -2.31. The summed E-state index contributed by atoms with van der Waals surface area (Å²) < 4.78 is 0. The first kappa shape index (κ1) is 12.2. The largest absolute Gasteiger partial charge is 0.348 e. The van der Waals surface area contributed by atoms with Gasteiger partial charge in [-0.05, 0) is 20.3 Å². The number of carbonyl (C=O) groups is 1. The molecule has 84 valence electrons. The van der Waals surface area contributed by atoms with E-state index >= 15 is 0 Å². The molecule has 0 aliphatic heterocycles. The summed E-state index contributed by atoms with van der Waals surface area (Å²) in [4.78, 5) is 16.0. The zero-order valence-electron chi connectivity index (χ0n) is 9.70. The van der Waals surface area contributed by atoms with Crippen molar-refractivity contribution in [2.75, 3.05) is 0 Å². The molecular weight excluding hydrogens is 208 g/mol. The molecule has 0 saturated carbocycles. The summed E-state index contributed by atoms with van der Waals surface area (Å²) in [6, 6.07) is 0.0106.